The Labute approximate surface area is 210 Å². The highest BCUT2D eigenvalue weighted by Crippen LogP contribution is 2.41. The fourth-order valence-corrected chi connectivity index (χ4v) is 5.17. The van der Waals surface area contributed by atoms with Crippen LogP contribution < -0.4 is 14.4 Å². The van der Waals surface area contributed by atoms with E-state index in [1.807, 2.05) is 59.6 Å². The zero-order chi connectivity index (χ0) is 24.4. The summed E-state index contributed by atoms with van der Waals surface area (Å²) >= 11 is 6.37. The molecular formula is C28H28ClN3O3. The molecule has 2 aliphatic rings. The van der Waals surface area contributed by atoms with E-state index in [1.165, 1.54) is 5.56 Å². The van der Waals surface area contributed by atoms with Gasteiger partial charge in [0, 0.05) is 41.1 Å². The zero-order valence-corrected chi connectivity index (χ0v) is 20.7. The van der Waals surface area contributed by atoms with Crippen molar-refractivity contribution in [3.8, 4) is 11.5 Å². The summed E-state index contributed by atoms with van der Waals surface area (Å²) in [7, 11) is 3.21. The largest absolute Gasteiger partial charge is 0.493 e. The number of piperidine rings is 1. The molecule has 1 atom stereocenters. The molecule has 35 heavy (non-hydrogen) atoms. The molecule has 6 nitrogen and oxygen atoms in total. The minimum Gasteiger partial charge on any atom is -0.493 e. The topological polar surface area (TPSA) is 54.9 Å². The first-order chi connectivity index (χ1) is 17.1. The van der Waals surface area contributed by atoms with E-state index >= 15 is 0 Å². The smallest absolute Gasteiger partial charge is 0.260 e. The van der Waals surface area contributed by atoms with E-state index in [0.29, 0.717) is 28.8 Å². The number of hydrogen-bond donors (Lipinski definition) is 0. The van der Waals surface area contributed by atoms with Crippen LogP contribution in [-0.4, -0.2) is 43.2 Å². The highest BCUT2D eigenvalue weighted by Gasteiger charge is 2.35. The van der Waals surface area contributed by atoms with Crippen molar-refractivity contribution in [1.82, 2.24) is 9.88 Å². The highest BCUT2D eigenvalue weighted by atomic mass is 35.5. The highest BCUT2D eigenvalue weighted by molar-refractivity contribution is 6.37. The number of methoxy groups -OCH3 is 2. The molecule has 1 saturated heterocycles. The van der Waals surface area contributed by atoms with E-state index in [-0.39, 0.29) is 11.9 Å². The van der Waals surface area contributed by atoms with Crippen LogP contribution in [0.15, 0.2) is 60.9 Å². The molecule has 7 heteroatoms. The van der Waals surface area contributed by atoms with Crippen LogP contribution in [0.4, 0.5) is 5.69 Å². The van der Waals surface area contributed by atoms with Crippen molar-refractivity contribution in [3.63, 3.8) is 0 Å². The van der Waals surface area contributed by atoms with Gasteiger partial charge in [-0.2, -0.15) is 0 Å². The van der Waals surface area contributed by atoms with Crippen molar-refractivity contribution in [1.29, 1.82) is 0 Å². The van der Waals surface area contributed by atoms with Crippen molar-refractivity contribution >= 4 is 34.8 Å². The number of hydrogen-bond acceptors (Lipinski definition) is 5. The van der Waals surface area contributed by atoms with E-state index in [9.17, 15) is 4.79 Å². The number of anilines is 1. The molecule has 1 unspecified atom stereocenters. The summed E-state index contributed by atoms with van der Waals surface area (Å²) in [6.45, 7) is 1.42. The fourth-order valence-electron chi connectivity index (χ4n) is 5.01. The van der Waals surface area contributed by atoms with Gasteiger partial charge in [-0.3, -0.25) is 19.6 Å². The maximum atomic E-state index is 13.8. The van der Waals surface area contributed by atoms with E-state index in [0.717, 1.165) is 42.6 Å². The number of pyridine rings is 1. The van der Waals surface area contributed by atoms with Crippen LogP contribution in [0.2, 0.25) is 5.02 Å². The number of nitrogens with zero attached hydrogens (tertiary/aromatic N) is 3. The van der Waals surface area contributed by atoms with Crippen LogP contribution in [0.5, 0.6) is 11.5 Å². The van der Waals surface area contributed by atoms with E-state index in [4.69, 9.17) is 21.1 Å². The third kappa shape index (κ3) is 4.64. The Morgan fingerprint density at radius 3 is 2.71 bits per heavy atom. The third-order valence-corrected chi connectivity index (χ3v) is 6.98. The quantitative estimate of drug-likeness (QED) is 0.408. The Morgan fingerprint density at radius 2 is 1.94 bits per heavy atom. The maximum Gasteiger partial charge on any atom is 0.260 e. The number of benzene rings is 2. The van der Waals surface area contributed by atoms with Gasteiger partial charge in [-0.15, -0.1) is 0 Å². The molecule has 0 bridgehead atoms. The molecule has 0 N–H and O–H groups in total. The van der Waals surface area contributed by atoms with Gasteiger partial charge in [-0.05, 0) is 60.4 Å². The predicted octanol–water partition coefficient (Wildman–Crippen LogP) is 5.82. The van der Waals surface area contributed by atoms with Crippen molar-refractivity contribution < 1.29 is 14.3 Å². The van der Waals surface area contributed by atoms with Crippen molar-refractivity contribution in [2.45, 2.75) is 25.3 Å². The van der Waals surface area contributed by atoms with Crippen molar-refractivity contribution in [2.24, 2.45) is 0 Å². The Morgan fingerprint density at radius 1 is 1.09 bits per heavy atom. The maximum absolute atomic E-state index is 13.8. The lowest BCUT2D eigenvalue weighted by Crippen LogP contribution is -2.43. The summed E-state index contributed by atoms with van der Waals surface area (Å²) in [4.78, 5) is 22.3. The number of likely N-dealkylation sites (tertiary alicyclic amines) is 1. The second-order valence-electron chi connectivity index (χ2n) is 8.82. The average Bonchev–Trinajstić information content (AvgIpc) is 3.14. The predicted molar refractivity (Wildman–Crippen MR) is 139 cm³/mol. The first-order valence-corrected chi connectivity index (χ1v) is 12.2. The van der Waals surface area contributed by atoms with Gasteiger partial charge in [0.15, 0.2) is 11.5 Å². The summed E-state index contributed by atoms with van der Waals surface area (Å²) in [5.41, 5.74) is 4.40. The lowest BCUT2D eigenvalue weighted by Gasteiger charge is -2.38. The molecular weight excluding hydrogens is 462 g/mol. The Hall–Kier alpha value is -3.35. The Balaban J connectivity index is 1.50. The minimum atomic E-state index is -0.0347. The molecule has 2 aliphatic heterocycles. The van der Waals surface area contributed by atoms with Crippen molar-refractivity contribution in [2.75, 3.05) is 32.3 Å². The first kappa shape index (κ1) is 23.4. The summed E-state index contributed by atoms with van der Waals surface area (Å²) in [5.74, 6) is 1.23. The molecule has 0 aliphatic carbocycles. The summed E-state index contributed by atoms with van der Waals surface area (Å²) in [5, 5.41) is 0.608. The van der Waals surface area contributed by atoms with Gasteiger partial charge in [0.25, 0.3) is 5.91 Å². The summed E-state index contributed by atoms with van der Waals surface area (Å²) in [6.07, 6.45) is 8.95. The van der Waals surface area contributed by atoms with Crippen LogP contribution >= 0.6 is 11.6 Å². The second kappa shape index (κ2) is 10.1. The summed E-state index contributed by atoms with van der Waals surface area (Å²) < 4.78 is 10.8. The SMILES string of the molecule is COc1ccc(C=C2C(=O)N(CN3CCCCC3c3cccnc3)c3cc(Cl)ccc32)cc1OC. The monoisotopic (exact) mass is 489 g/mol. The number of halogens is 1. The lowest BCUT2D eigenvalue weighted by atomic mass is 9.97. The van der Waals surface area contributed by atoms with Gasteiger partial charge < -0.3 is 9.47 Å². The van der Waals surface area contributed by atoms with Gasteiger partial charge in [-0.1, -0.05) is 36.2 Å². The van der Waals surface area contributed by atoms with Crippen LogP contribution in [0.25, 0.3) is 11.6 Å². The Kier molecular flexibility index (Phi) is 6.75. The molecule has 0 saturated carbocycles. The Bertz CT molecular complexity index is 1260. The number of ether oxygens (including phenoxy) is 2. The number of amides is 1. The van der Waals surface area contributed by atoms with Crippen LogP contribution in [0.3, 0.4) is 0 Å². The number of rotatable bonds is 6. The lowest BCUT2D eigenvalue weighted by molar-refractivity contribution is -0.113. The van der Waals surface area contributed by atoms with Gasteiger partial charge >= 0.3 is 0 Å². The number of carbonyl (C=O) groups is 1. The van der Waals surface area contributed by atoms with E-state index in [1.54, 1.807) is 20.4 Å². The van der Waals surface area contributed by atoms with E-state index < -0.39 is 0 Å². The van der Waals surface area contributed by atoms with Crippen LogP contribution in [-0.2, 0) is 4.79 Å². The zero-order valence-electron chi connectivity index (χ0n) is 19.9. The van der Waals surface area contributed by atoms with Crippen LogP contribution in [0.1, 0.15) is 42.0 Å². The average molecular weight is 490 g/mol. The molecule has 3 aromatic rings. The molecule has 0 radical (unpaired) electrons. The summed E-state index contributed by atoms with van der Waals surface area (Å²) in [6, 6.07) is 15.6. The number of fused-ring (bicyclic) bond motifs is 1. The standard InChI is InChI=1S/C28H28ClN3O3/c1-34-26-11-8-19(15-27(26)35-2)14-23-22-10-9-21(29)16-25(22)32(28(23)33)18-31-13-4-3-7-24(31)20-6-5-12-30-17-20/h5-6,8-12,14-17,24H,3-4,7,13,18H2,1-2H3. The molecule has 180 valence electrons. The van der Waals surface area contributed by atoms with Crippen molar-refractivity contribution in [3.05, 3.63) is 82.6 Å². The van der Waals surface area contributed by atoms with Crippen LogP contribution in [0, 0.1) is 0 Å². The normalized spacial score (nSPS) is 19.2. The second-order valence-corrected chi connectivity index (χ2v) is 9.26. The van der Waals surface area contributed by atoms with Gasteiger partial charge in [-0.25, -0.2) is 0 Å². The molecule has 1 amide bonds. The molecule has 3 heterocycles. The van der Waals surface area contributed by atoms with Gasteiger partial charge in [0.1, 0.15) is 0 Å². The minimum absolute atomic E-state index is 0.0347. The molecule has 1 aromatic heterocycles. The molecule has 1 fully saturated rings. The van der Waals surface area contributed by atoms with E-state index in [2.05, 4.69) is 16.0 Å². The number of aromatic nitrogens is 1. The van der Waals surface area contributed by atoms with Gasteiger partial charge in [0.2, 0.25) is 0 Å². The number of carbonyl (C=O) groups excluding carboxylic acids is 1. The van der Waals surface area contributed by atoms with Gasteiger partial charge in [0.05, 0.1) is 26.6 Å². The fraction of sp³-hybridized carbons (Fsp3) is 0.286. The molecule has 2 aromatic carbocycles. The molecule has 0 spiro atoms. The third-order valence-electron chi connectivity index (χ3n) is 6.74. The molecule has 5 rings (SSSR count). The first-order valence-electron chi connectivity index (χ1n) is 11.8.